The van der Waals surface area contributed by atoms with Gasteiger partial charge >= 0.3 is 0 Å². The van der Waals surface area contributed by atoms with E-state index >= 15 is 0 Å². The van der Waals surface area contributed by atoms with Gasteiger partial charge in [-0.05, 0) is 52.7 Å². The first kappa shape index (κ1) is 15.2. The van der Waals surface area contributed by atoms with Gasteiger partial charge in [0.05, 0.1) is 21.3 Å². The van der Waals surface area contributed by atoms with E-state index < -0.39 is 0 Å². The van der Waals surface area contributed by atoms with Crippen molar-refractivity contribution in [3.8, 4) is 0 Å². The summed E-state index contributed by atoms with van der Waals surface area (Å²) in [7, 11) is 0. The topological polar surface area (TPSA) is 55.1 Å². The number of nitrogens with two attached hydrogens (primary N) is 1. The summed E-state index contributed by atoms with van der Waals surface area (Å²) in [5.74, 6) is -0.346. The maximum atomic E-state index is 12.2. The standard InChI is InChI=1S/C14H11BrCl2N2O/c1-7-5-9(15)12(6-11(7)18)19-14(20)8-3-2-4-10(16)13(8)17/h2-6H,18H2,1H3,(H,19,20). The number of anilines is 2. The molecule has 0 spiro atoms. The molecule has 0 atom stereocenters. The van der Waals surface area contributed by atoms with Crippen molar-refractivity contribution in [2.24, 2.45) is 0 Å². The highest BCUT2D eigenvalue weighted by Crippen LogP contribution is 2.30. The highest BCUT2D eigenvalue weighted by molar-refractivity contribution is 9.10. The Labute approximate surface area is 135 Å². The molecule has 0 saturated carbocycles. The Balaban J connectivity index is 2.33. The molecule has 2 aromatic rings. The number of nitrogen functional groups attached to an aromatic ring is 1. The number of aryl methyl sites for hydroxylation is 1. The lowest BCUT2D eigenvalue weighted by atomic mass is 10.1. The van der Waals surface area contributed by atoms with Crippen LogP contribution in [0.1, 0.15) is 15.9 Å². The average molecular weight is 374 g/mol. The lowest BCUT2D eigenvalue weighted by molar-refractivity contribution is 0.102. The van der Waals surface area contributed by atoms with Crippen LogP contribution in [0.15, 0.2) is 34.8 Å². The molecule has 0 saturated heterocycles. The van der Waals surface area contributed by atoms with Crippen molar-refractivity contribution in [3.05, 3.63) is 56.0 Å². The van der Waals surface area contributed by atoms with Crippen molar-refractivity contribution in [3.63, 3.8) is 0 Å². The lowest BCUT2D eigenvalue weighted by Gasteiger charge is -2.11. The van der Waals surface area contributed by atoms with Crippen LogP contribution in [-0.4, -0.2) is 5.91 Å². The molecule has 0 aliphatic heterocycles. The van der Waals surface area contributed by atoms with Gasteiger partial charge in [-0.1, -0.05) is 29.3 Å². The van der Waals surface area contributed by atoms with E-state index in [9.17, 15) is 4.79 Å². The second kappa shape index (κ2) is 6.04. The number of amides is 1. The maximum absolute atomic E-state index is 12.2. The molecule has 0 aliphatic carbocycles. The summed E-state index contributed by atoms with van der Waals surface area (Å²) >= 11 is 15.3. The maximum Gasteiger partial charge on any atom is 0.257 e. The largest absolute Gasteiger partial charge is 0.398 e. The molecule has 0 aliphatic rings. The fourth-order valence-electron chi connectivity index (χ4n) is 1.65. The summed E-state index contributed by atoms with van der Waals surface area (Å²) in [6, 6.07) is 8.43. The average Bonchev–Trinajstić information content (AvgIpc) is 2.39. The molecular formula is C14H11BrCl2N2O. The summed E-state index contributed by atoms with van der Waals surface area (Å²) in [6.07, 6.45) is 0. The number of benzene rings is 2. The van der Waals surface area contributed by atoms with Crippen molar-refractivity contribution in [1.82, 2.24) is 0 Å². The van der Waals surface area contributed by atoms with Crippen molar-refractivity contribution < 1.29 is 4.79 Å². The van der Waals surface area contributed by atoms with Crippen LogP contribution < -0.4 is 11.1 Å². The van der Waals surface area contributed by atoms with E-state index in [2.05, 4.69) is 21.2 Å². The first-order chi connectivity index (χ1) is 9.40. The smallest absolute Gasteiger partial charge is 0.257 e. The fraction of sp³-hybridized carbons (Fsp3) is 0.0714. The minimum absolute atomic E-state index is 0.225. The Morgan fingerprint density at radius 2 is 2.00 bits per heavy atom. The zero-order chi connectivity index (χ0) is 14.9. The van der Waals surface area contributed by atoms with E-state index in [4.69, 9.17) is 28.9 Å². The van der Waals surface area contributed by atoms with Gasteiger partial charge in [0.15, 0.2) is 0 Å². The number of hydrogen-bond donors (Lipinski definition) is 2. The first-order valence-corrected chi connectivity index (χ1v) is 7.26. The van der Waals surface area contributed by atoms with Gasteiger partial charge in [-0.25, -0.2) is 0 Å². The Morgan fingerprint density at radius 1 is 1.30 bits per heavy atom. The van der Waals surface area contributed by atoms with E-state index in [1.54, 1.807) is 24.3 Å². The van der Waals surface area contributed by atoms with Gasteiger partial charge in [-0.2, -0.15) is 0 Å². The Kier molecular flexibility index (Phi) is 4.58. The molecule has 2 aromatic carbocycles. The van der Waals surface area contributed by atoms with Crippen LogP contribution in [0.5, 0.6) is 0 Å². The minimum Gasteiger partial charge on any atom is -0.398 e. The van der Waals surface area contributed by atoms with Crippen LogP contribution in [0.2, 0.25) is 10.0 Å². The van der Waals surface area contributed by atoms with Gasteiger partial charge in [-0.3, -0.25) is 4.79 Å². The third kappa shape index (κ3) is 3.08. The van der Waals surface area contributed by atoms with Crippen LogP contribution >= 0.6 is 39.1 Å². The summed E-state index contributed by atoms with van der Waals surface area (Å²) in [6.45, 7) is 1.89. The predicted molar refractivity (Wildman–Crippen MR) is 87.7 cm³/mol. The van der Waals surface area contributed by atoms with E-state index in [0.29, 0.717) is 22.0 Å². The van der Waals surface area contributed by atoms with Crippen molar-refractivity contribution >= 4 is 56.4 Å². The van der Waals surface area contributed by atoms with Crippen LogP contribution in [0.3, 0.4) is 0 Å². The Hall–Kier alpha value is -1.23. The molecule has 0 radical (unpaired) electrons. The SMILES string of the molecule is Cc1cc(Br)c(NC(=O)c2cccc(Cl)c2Cl)cc1N. The predicted octanol–water partition coefficient (Wildman–Crippen LogP) is 4.90. The highest BCUT2D eigenvalue weighted by Gasteiger charge is 2.14. The summed E-state index contributed by atoms with van der Waals surface area (Å²) in [4.78, 5) is 12.2. The normalized spacial score (nSPS) is 10.4. The number of hydrogen-bond acceptors (Lipinski definition) is 2. The molecule has 6 heteroatoms. The number of nitrogens with one attached hydrogen (secondary N) is 1. The molecule has 0 bridgehead atoms. The molecule has 0 unspecified atom stereocenters. The third-order valence-electron chi connectivity index (χ3n) is 2.80. The number of carbonyl (C=O) groups is 1. The zero-order valence-electron chi connectivity index (χ0n) is 10.5. The number of carbonyl (C=O) groups excluding carboxylic acids is 1. The molecule has 3 N–H and O–H groups in total. The van der Waals surface area contributed by atoms with Gasteiger partial charge in [-0.15, -0.1) is 0 Å². The lowest BCUT2D eigenvalue weighted by Crippen LogP contribution is -2.13. The molecule has 3 nitrogen and oxygen atoms in total. The fourth-order valence-corrected chi connectivity index (χ4v) is 2.60. The second-order valence-electron chi connectivity index (χ2n) is 4.24. The van der Waals surface area contributed by atoms with Gasteiger partial charge in [0, 0.05) is 10.2 Å². The molecule has 1 amide bonds. The van der Waals surface area contributed by atoms with Gasteiger partial charge < -0.3 is 11.1 Å². The molecule has 20 heavy (non-hydrogen) atoms. The van der Waals surface area contributed by atoms with E-state index in [-0.39, 0.29) is 10.9 Å². The van der Waals surface area contributed by atoms with Crippen LogP contribution in [0.25, 0.3) is 0 Å². The number of halogens is 3. The number of rotatable bonds is 2. The highest BCUT2D eigenvalue weighted by atomic mass is 79.9. The van der Waals surface area contributed by atoms with Crippen LogP contribution in [-0.2, 0) is 0 Å². The molecule has 104 valence electrons. The molecule has 0 heterocycles. The van der Waals surface area contributed by atoms with Crippen LogP contribution in [0, 0.1) is 6.92 Å². The van der Waals surface area contributed by atoms with E-state index in [0.717, 1.165) is 10.0 Å². The van der Waals surface area contributed by atoms with Crippen molar-refractivity contribution in [2.45, 2.75) is 6.92 Å². The second-order valence-corrected chi connectivity index (χ2v) is 5.88. The molecule has 0 aromatic heterocycles. The molecular weight excluding hydrogens is 363 g/mol. The quantitative estimate of drug-likeness (QED) is 0.735. The summed E-state index contributed by atoms with van der Waals surface area (Å²) in [5, 5.41) is 3.31. The van der Waals surface area contributed by atoms with Gasteiger partial charge in [0.1, 0.15) is 0 Å². The third-order valence-corrected chi connectivity index (χ3v) is 4.28. The monoisotopic (exact) mass is 372 g/mol. The Morgan fingerprint density at radius 3 is 2.70 bits per heavy atom. The summed E-state index contributed by atoms with van der Waals surface area (Å²) in [5.41, 5.74) is 8.25. The molecule has 0 fully saturated rings. The van der Waals surface area contributed by atoms with E-state index in [1.165, 1.54) is 0 Å². The first-order valence-electron chi connectivity index (χ1n) is 5.71. The van der Waals surface area contributed by atoms with Gasteiger partial charge in [0.2, 0.25) is 0 Å². The van der Waals surface area contributed by atoms with Crippen molar-refractivity contribution in [1.29, 1.82) is 0 Å². The van der Waals surface area contributed by atoms with E-state index in [1.807, 2.05) is 13.0 Å². The Bertz CT molecular complexity index is 689. The summed E-state index contributed by atoms with van der Waals surface area (Å²) < 4.78 is 0.746. The van der Waals surface area contributed by atoms with Crippen LogP contribution in [0.4, 0.5) is 11.4 Å². The van der Waals surface area contributed by atoms with Crippen molar-refractivity contribution in [2.75, 3.05) is 11.1 Å². The van der Waals surface area contributed by atoms with Gasteiger partial charge in [0.25, 0.3) is 5.91 Å². The zero-order valence-corrected chi connectivity index (χ0v) is 13.6. The molecule has 2 rings (SSSR count). The minimum atomic E-state index is -0.346.